The molecule has 15 nitrogen and oxygen atoms in total. The molecule has 0 saturated heterocycles. The van der Waals surface area contributed by atoms with Crippen molar-refractivity contribution in [3.63, 3.8) is 0 Å². The van der Waals surface area contributed by atoms with Gasteiger partial charge in [0.2, 0.25) is 0 Å². The smallest absolute Gasteiger partial charge is 0.296 e. The number of allylic oxidation sites excluding steroid dienone is 1. The van der Waals surface area contributed by atoms with Crippen molar-refractivity contribution in [1.29, 1.82) is 0 Å². The van der Waals surface area contributed by atoms with Gasteiger partial charge in [-0.2, -0.15) is 35.5 Å². The fourth-order valence-corrected chi connectivity index (χ4v) is 5.96. The molecular weight excluding hydrogens is 675 g/mol. The Bertz CT molecular complexity index is 2220. The second-order valence-corrected chi connectivity index (χ2v) is 13.9. The average molecular weight is 702 g/mol. The van der Waals surface area contributed by atoms with Crippen molar-refractivity contribution in [1.82, 2.24) is 0 Å². The Morgan fingerprint density at radius 2 is 1.19 bits per heavy atom. The van der Waals surface area contributed by atoms with Gasteiger partial charge in [-0.1, -0.05) is 25.1 Å². The quantitative estimate of drug-likeness (QED) is 0.0640. The third-order valence-corrected chi connectivity index (χ3v) is 8.98. The minimum Gasteiger partial charge on any atom is -0.399 e. The van der Waals surface area contributed by atoms with Gasteiger partial charge >= 0.3 is 0 Å². The number of carbonyl (C=O) groups excluding carboxylic acids is 1. The molecule has 0 aliphatic rings. The van der Waals surface area contributed by atoms with Crippen LogP contribution in [0.15, 0.2) is 116 Å². The number of nitrogen functional groups attached to an aromatic ring is 1. The van der Waals surface area contributed by atoms with Crippen LogP contribution < -0.4 is 16.4 Å². The van der Waals surface area contributed by atoms with Gasteiger partial charge in [-0.05, 0) is 84.8 Å². The molecule has 0 aliphatic heterocycles. The lowest BCUT2D eigenvalue weighted by atomic mass is 10.1. The fraction of sp³-hybridized carbons (Fsp3) is 0.0690. The molecule has 7 N–H and O–H groups in total. The Balaban J connectivity index is 1.55. The molecule has 47 heavy (non-hydrogen) atoms. The largest absolute Gasteiger partial charge is 0.399 e. The first-order valence-electron chi connectivity index (χ1n) is 13.3. The maximum atomic E-state index is 13.0. The molecule has 0 unspecified atom stereocenters. The average Bonchev–Trinajstić information content (AvgIpc) is 3.00. The Hall–Kier alpha value is -4.98. The van der Waals surface area contributed by atoms with Gasteiger partial charge in [-0.3, -0.25) is 18.5 Å². The zero-order valence-corrected chi connectivity index (χ0v) is 26.7. The van der Waals surface area contributed by atoms with Gasteiger partial charge in [0.1, 0.15) is 9.79 Å². The molecule has 4 aromatic rings. The predicted octanol–water partition coefficient (Wildman–Crippen LogP) is 5.54. The van der Waals surface area contributed by atoms with Crippen molar-refractivity contribution in [3.05, 3.63) is 102 Å². The molecule has 0 fully saturated rings. The van der Waals surface area contributed by atoms with Gasteiger partial charge in [0, 0.05) is 16.9 Å². The lowest BCUT2D eigenvalue weighted by Crippen LogP contribution is -2.15. The van der Waals surface area contributed by atoms with Crippen LogP contribution in [0.25, 0.3) is 5.70 Å². The van der Waals surface area contributed by atoms with Crippen LogP contribution in [0.2, 0.25) is 0 Å². The topological polar surface area (TPSA) is 255 Å². The van der Waals surface area contributed by atoms with E-state index in [4.69, 9.17) is 10.3 Å². The fourth-order valence-electron chi connectivity index (χ4n) is 4.13. The number of azo groups is 1. The summed E-state index contributed by atoms with van der Waals surface area (Å²) in [6, 6.07) is 18.1. The summed E-state index contributed by atoms with van der Waals surface area (Å²) in [4.78, 5) is 11.6. The van der Waals surface area contributed by atoms with Crippen LogP contribution in [0.3, 0.4) is 0 Å². The number of nitrogens with zero attached hydrogens (tertiary/aromatic N) is 2. The zero-order valence-electron chi connectivity index (χ0n) is 24.3. The molecule has 246 valence electrons. The number of nitrogens with one attached hydrogen (secondary N) is 2. The Morgan fingerprint density at radius 1 is 0.681 bits per heavy atom. The summed E-state index contributed by atoms with van der Waals surface area (Å²) in [6.45, 7) is 1.85. The second-order valence-electron chi connectivity index (χ2n) is 9.74. The van der Waals surface area contributed by atoms with Crippen molar-refractivity contribution in [2.45, 2.75) is 28.0 Å². The second kappa shape index (κ2) is 13.8. The SMILES string of the molecule is CC/C=C(/Nc1ccc(N)cc1S(=O)(=O)O)c1ccc(C(=O)Nc2ccc(N=Nc3ccc(S(=O)(=O)O)cc3)cc2S(=O)(=O)O)cc1. The molecule has 0 saturated carbocycles. The van der Waals surface area contributed by atoms with E-state index < -0.39 is 46.1 Å². The van der Waals surface area contributed by atoms with Crippen LogP contribution in [-0.2, 0) is 30.4 Å². The molecule has 0 aliphatic carbocycles. The number of hydrogen-bond acceptors (Lipinski definition) is 11. The lowest BCUT2D eigenvalue weighted by Gasteiger charge is -2.15. The van der Waals surface area contributed by atoms with Gasteiger partial charge in [0.05, 0.1) is 27.6 Å². The number of anilines is 3. The van der Waals surface area contributed by atoms with E-state index in [0.29, 0.717) is 17.7 Å². The number of amides is 1. The summed E-state index contributed by atoms with van der Waals surface area (Å²) >= 11 is 0. The molecule has 0 spiro atoms. The highest BCUT2D eigenvalue weighted by atomic mass is 32.2. The maximum absolute atomic E-state index is 13.0. The number of nitrogens with two attached hydrogens (primary N) is 1. The molecule has 0 aromatic heterocycles. The predicted molar refractivity (Wildman–Crippen MR) is 174 cm³/mol. The summed E-state index contributed by atoms with van der Waals surface area (Å²) < 4.78 is 99.0. The summed E-state index contributed by atoms with van der Waals surface area (Å²) in [5, 5.41) is 13.1. The van der Waals surface area contributed by atoms with E-state index in [1.807, 2.05) is 6.92 Å². The summed E-state index contributed by atoms with van der Waals surface area (Å²) in [6.07, 6.45) is 2.29. The molecule has 4 rings (SSSR count). The molecular formula is C29H27N5O10S3. The normalized spacial score (nSPS) is 12.6. The van der Waals surface area contributed by atoms with Gasteiger partial charge in [-0.25, -0.2) is 0 Å². The maximum Gasteiger partial charge on any atom is 0.296 e. The first-order chi connectivity index (χ1) is 22.0. The van der Waals surface area contributed by atoms with Crippen LogP contribution in [0.1, 0.15) is 29.3 Å². The van der Waals surface area contributed by atoms with Crippen LogP contribution in [0, 0.1) is 0 Å². The van der Waals surface area contributed by atoms with Crippen molar-refractivity contribution in [2.24, 2.45) is 10.2 Å². The monoisotopic (exact) mass is 701 g/mol. The van der Waals surface area contributed by atoms with E-state index in [0.717, 1.165) is 24.3 Å². The molecule has 18 heteroatoms. The summed E-state index contributed by atoms with van der Waals surface area (Å²) in [7, 11) is -13.9. The Morgan fingerprint density at radius 3 is 1.77 bits per heavy atom. The van der Waals surface area contributed by atoms with E-state index in [2.05, 4.69) is 20.9 Å². The molecule has 0 heterocycles. The first-order valence-corrected chi connectivity index (χ1v) is 17.6. The minimum atomic E-state index is -4.85. The Kier molecular flexibility index (Phi) is 10.2. The van der Waals surface area contributed by atoms with Crippen molar-refractivity contribution >= 4 is 70.4 Å². The first kappa shape index (κ1) is 34.9. The zero-order chi connectivity index (χ0) is 34.6. The molecule has 0 bridgehead atoms. The summed E-state index contributed by atoms with van der Waals surface area (Å²) in [5.41, 5.74) is 6.87. The highest BCUT2D eigenvalue weighted by Crippen LogP contribution is 2.30. The highest BCUT2D eigenvalue weighted by molar-refractivity contribution is 7.86. The van der Waals surface area contributed by atoms with Crippen LogP contribution >= 0.6 is 0 Å². The molecule has 0 radical (unpaired) electrons. The Labute approximate surface area is 270 Å². The van der Waals surface area contributed by atoms with Crippen LogP contribution in [-0.4, -0.2) is 44.8 Å². The van der Waals surface area contributed by atoms with E-state index in [1.165, 1.54) is 48.5 Å². The number of rotatable bonds is 11. The van der Waals surface area contributed by atoms with Gasteiger partial charge in [0.15, 0.2) is 0 Å². The number of carbonyl (C=O) groups is 1. The van der Waals surface area contributed by atoms with Crippen molar-refractivity contribution in [2.75, 3.05) is 16.4 Å². The number of benzene rings is 4. The van der Waals surface area contributed by atoms with Gasteiger partial charge < -0.3 is 16.4 Å². The standard InChI is InChI=1S/C29H27N5O10S3/c1-2-3-24(31-25-14-8-20(30)16-27(25)46(39,40)41)18-4-6-19(7-5-18)29(35)32-26-15-11-22(17-28(26)47(42,43)44)34-33-21-9-12-23(13-10-21)45(36,37)38/h3-17,31H,2,30H2,1H3,(H,32,35)(H,36,37,38)(H,39,40,41)(H,42,43,44)/b24-3+,34-33?. The third kappa shape index (κ3) is 9.06. The highest BCUT2D eigenvalue weighted by Gasteiger charge is 2.20. The summed E-state index contributed by atoms with van der Waals surface area (Å²) in [5.74, 6) is -0.726. The molecule has 0 atom stereocenters. The van der Waals surface area contributed by atoms with E-state index in [-0.39, 0.29) is 38.9 Å². The van der Waals surface area contributed by atoms with E-state index in [1.54, 1.807) is 18.2 Å². The minimum absolute atomic E-state index is 0.0279. The van der Waals surface area contributed by atoms with E-state index >= 15 is 0 Å². The molecule has 1 amide bonds. The van der Waals surface area contributed by atoms with E-state index in [9.17, 15) is 39.2 Å². The molecule has 4 aromatic carbocycles. The third-order valence-electron chi connectivity index (χ3n) is 6.33. The lowest BCUT2D eigenvalue weighted by molar-refractivity contribution is 0.102. The van der Waals surface area contributed by atoms with Crippen LogP contribution in [0.5, 0.6) is 0 Å². The van der Waals surface area contributed by atoms with Gasteiger partial charge in [-0.15, -0.1) is 0 Å². The van der Waals surface area contributed by atoms with Crippen LogP contribution in [0.4, 0.5) is 28.4 Å². The van der Waals surface area contributed by atoms with Crippen molar-refractivity contribution in [3.8, 4) is 0 Å². The van der Waals surface area contributed by atoms with Crippen molar-refractivity contribution < 1.29 is 43.7 Å². The number of hydrogen-bond donors (Lipinski definition) is 6. The van der Waals surface area contributed by atoms with Gasteiger partial charge in [0.25, 0.3) is 36.3 Å².